The minimum atomic E-state index is -4.57. The maximum Gasteiger partial charge on any atom is 0.425 e. The molecule has 3 nitrogen and oxygen atoms in total. The Morgan fingerprint density at radius 3 is 2.68 bits per heavy atom. The molecule has 0 aliphatic carbocycles. The molecular formula is C13H10F3NO2. The summed E-state index contributed by atoms with van der Waals surface area (Å²) in [6, 6.07) is 7.84. The molecule has 2 aromatic rings. The first-order chi connectivity index (χ1) is 8.89. The third kappa shape index (κ3) is 2.83. The fourth-order valence-electron chi connectivity index (χ4n) is 1.57. The first-order valence-corrected chi connectivity index (χ1v) is 5.51. The zero-order valence-corrected chi connectivity index (χ0v) is 9.94. The van der Waals surface area contributed by atoms with Crippen LogP contribution in [0.4, 0.5) is 13.2 Å². The number of aromatic nitrogens is 1. The van der Waals surface area contributed by atoms with Gasteiger partial charge in [0.25, 0.3) is 0 Å². The number of ether oxygens (including phenoxy) is 1. The number of benzene rings is 1. The first-order valence-electron chi connectivity index (χ1n) is 5.51. The summed E-state index contributed by atoms with van der Waals surface area (Å²) < 4.78 is 41.5. The Morgan fingerprint density at radius 1 is 1.26 bits per heavy atom. The van der Waals surface area contributed by atoms with Gasteiger partial charge in [-0.15, -0.1) is 0 Å². The highest BCUT2D eigenvalue weighted by Crippen LogP contribution is 2.24. The molecule has 1 aromatic carbocycles. The second kappa shape index (κ2) is 4.87. The lowest BCUT2D eigenvalue weighted by atomic mass is 10.1. The molecule has 0 fully saturated rings. The van der Waals surface area contributed by atoms with Crippen LogP contribution in [0.15, 0.2) is 36.5 Å². The maximum absolute atomic E-state index is 12.3. The van der Waals surface area contributed by atoms with Crippen LogP contribution < -0.4 is 0 Å². The van der Waals surface area contributed by atoms with E-state index in [4.69, 9.17) is 0 Å². The normalized spacial score (nSPS) is 13.3. The molecule has 0 radical (unpaired) electrons. The van der Waals surface area contributed by atoms with Gasteiger partial charge in [0, 0.05) is 11.6 Å². The van der Waals surface area contributed by atoms with E-state index in [0.29, 0.717) is 10.9 Å². The molecule has 0 aliphatic rings. The van der Waals surface area contributed by atoms with Crippen LogP contribution >= 0.6 is 0 Å². The van der Waals surface area contributed by atoms with Gasteiger partial charge in [-0.1, -0.05) is 12.1 Å². The molecule has 0 saturated carbocycles. The molecule has 6 heteroatoms. The third-order valence-electron chi connectivity index (χ3n) is 2.61. The number of fused-ring (bicyclic) bond motifs is 1. The van der Waals surface area contributed by atoms with Crippen molar-refractivity contribution < 1.29 is 22.7 Å². The highest BCUT2D eigenvalue weighted by atomic mass is 19.4. The van der Waals surface area contributed by atoms with Gasteiger partial charge in [-0.25, -0.2) is 4.79 Å². The van der Waals surface area contributed by atoms with Crippen molar-refractivity contribution in [3.63, 3.8) is 0 Å². The zero-order valence-electron chi connectivity index (χ0n) is 9.94. The van der Waals surface area contributed by atoms with E-state index in [2.05, 4.69) is 9.72 Å². The van der Waals surface area contributed by atoms with Crippen LogP contribution in [0.1, 0.15) is 17.3 Å². The molecule has 1 heterocycles. The minimum absolute atomic E-state index is 0.0710. The Bertz CT molecular complexity index is 605. The number of rotatable bonds is 2. The highest BCUT2D eigenvalue weighted by Gasteiger charge is 2.39. The summed E-state index contributed by atoms with van der Waals surface area (Å²) in [5, 5.41) is 0.462. The second-order valence-electron chi connectivity index (χ2n) is 3.96. The van der Waals surface area contributed by atoms with Crippen molar-refractivity contribution in [1.29, 1.82) is 0 Å². The molecule has 100 valence electrons. The monoisotopic (exact) mass is 269 g/mol. The van der Waals surface area contributed by atoms with E-state index in [1.165, 1.54) is 12.3 Å². The van der Waals surface area contributed by atoms with Crippen LogP contribution in [0.2, 0.25) is 0 Å². The van der Waals surface area contributed by atoms with E-state index in [-0.39, 0.29) is 5.56 Å². The lowest BCUT2D eigenvalue weighted by molar-refractivity contribution is -0.198. The Labute approximate surface area is 107 Å². The number of alkyl halides is 3. The average molecular weight is 269 g/mol. The number of hydrogen-bond acceptors (Lipinski definition) is 3. The van der Waals surface area contributed by atoms with Crippen molar-refractivity contribution in [2.24, 2.45) is 0 Å². The predicted octanol–water partition coefficient (Wildman–Crippen LogP) is 3.34. The van der Waals surface area contributed by atoms with Gasteiger partial charge in [0.05, 0.1) is 11.1 Å². The SMILES string of the molecule is CC(OC(=O)c1cccc2ncccc12)C(F)(F)F. The van der Waals surface area contributed by atoms with Gasteiger partial charge in [-0.3, -0.25) is 4.98 Å². The fraction of sp³-hybridized carbons (Fsp3) is 0.231. The topological polar surface area (TPSA) is 39.2 Å². The summed E-state index contributed by atoms with van der Waals surface area (Å²) in [4.78, 5) is 15.8. The number of esters is 1. The van der Waals surface area contributed by atoms with E-state index in [1.807, 2.05) is 0 Å². The van der Waals surface area contributed by atoms with Gasteiger partial charge >= 0.3 is 12.1 Å². The van der Waals surface area contributed by atoms with Crippen molar-refractivity contribution in [3.05, 3.63) is 42.1 Å². The standard InChI is InChI=1S/C13H10F3NO2/c1-8(13(14,15)16)19-12(18)10-4-2-6-11-9(10)5-3-7-17-11/h2-8H,1H3. The molecule has 1 atom stereocenters. The van der Waals surface area contributed by atoms with Crippen LogP contribution in [0, 0.1) is 0 Å². The van der Waals surface area contributed by atoms with Crippen LogP contribution in [0.3, 0.4) is 0 Å². The van der Waals surface area contributed by atoms with Gasteiger partial charge in [-0.05, 0) is 25.1 Å². The summed E-state index contributed by atoms with van der Waals surface area (Å²) in [7, 11) is 0. The summed E-state index contributed by atoms with van der Waals surface area (Å²) in [5.74, 6) is -1.01. The second-order valence-corrected chi connectivity index (χ2v) is 3.96. The molecular weight excluding hydrogens is 259 g/mol. The van der Waals surface area contributed by atoms with E-state index in [0.717, 1.165) is 6.92 Å². The van der Waals surface area contributed by atoms with E-state index >= 15 is 0 Å². The lowest BCUT2D eigenvalue weighted by Gasteiger charge is -2.16. The lowest BCUT2D eigenvalue weighted by Crippen LogP contribution is -2.30. The summed E-state index contributed by atoms with van der Waals surface area (Å²) >= 11 is 0. The average Bonchev–Trinajstić information content (AvgIpc) is 2.36. The van der Waals surface area contributed by atoms with Crippen LogP contribution in [-0.2, 0) is 4.74 Å². The number of nitrogens with zero attached hydrogens (tertiary/aromatic N) is 1. The number of carbonyl (C=O) groups excluding carboxylic acids is 1. The Kier molecular flexibility index (Phi) is 3.42. The van der Waals surface area contributed by atoms with E-state index in [1.54, 1.807) is 24.3 Å². The molecule has 0 saturated heterocycles. The minimum Gasteiger partial charge on any atom is -0.449 e. The molecule has 0 bridgehead atoms. The molecule has 0 aliphatic heterocycles. The van der Waals surface area contributed by atoms with E-state index < -0.39 is 18.2 Å². The van der Waals surface area contributed by atoms with Crippen molar-refractivity contribution >= 4 is 16.9 Å². The van der Waals surface area contributed by atoms with Gasteiger partial charge in [0.15, 0.2) is 6.10 Å². The zero-order chi connectivity index (χ0) is 14.0. The number of pyridine rings is 1. The number of carbonyl (C=O) groups is 1. The predicted molar refractivity (Wildman–Crippen MR) is 62.7 cm³/mol. The Morgan fingerprint density at radius 2 is 2.00 bits per heavy atom. The van der Waals surface area contributed by atoms with E-state index in [9.17, 15) is 18.0 Å². The first kappa shape index (κ1) is 13.3. The summed E-state index contributed by atoms with van der Waals surface area (Å²) in [6.07, 6.45) is -5.18. The molecule has 0 spiro atoms. The summed E-state index contributed by atoms with van der Waals surface area (Å²) in [6.45, 7) is 0.793. The molecule has 19 heavy (non-hydrogen) atoms. The smallest absolute Gasteiger partial charge is 0.425 e. The van der Waals surface area contributed by atoms with Crippen molar-refractivity contribution in [1.82, 2.24) is 4.98 Å². The van der Waals surface area contributed by atoms with Crippen molar-refractivity contribution in [2.45, 2.75) is 19.2 Å². The van der Waals surface area contributed by atoms with Gasteiger partial charge in [-0.2, -0.15) is 13.2 Å². The van der Waals surface area contributed by atoms with Crippen molar-refractivity contribution in [3.8, 4) is 0 Å². The Balaban J connectivity index is 2.32. The van der Waals surface area contributed by atoms with Crippen LogP contribution in [-0.4, -0.2) is 23.2 Å². The molecule has 2 rings (SSSR count). The van der Waals surface area contributed by atoms with Crippen LogP contribution in [0.5, 0.6) is 0 Å². The number of hydrogen-bond donors (Lipinski definition) is 0. The largest absolute Gasteiger partial charge is 0.449 e. The Hall–Kier alpha value is -2.11. The molecule has 1 unspecified atom stereocenters. The fourth-order valence-corrected chi connectivity index (χ4v) is 1.57. The third-order valence-corrected chi connectivity index (χ3v) is 2.61. The quantitative estimate of drug-likeness (QED) is 0.785. The molecule has 0 N–H and O–H groups in total. The summed E-state index contributed by atoms with van der Waals surface area (Å²) in [5.41, 5.74) is 0.596. The van der Waals surface area contributed by atoms with Crippen LogP contribution in [0.25, 0.3) is 10.9 Å². The highest BCUT2D eigenvalue weighted by molar-refractivity contribution is 6.03. The maximum atomic E-state index is 12.3. The number of halogens is 3. The van der Waals surface area contributed by atoms with Gasteiger partial charge < -0.3 is 4.74 Å². The van der Waals surface area contributed by atoms with Gasteiger partial charge in [0.1, 0.15) is 0 Å². The van der Waals surface area contributed by atoms with Crippen molar-refractivity contribution in [2.75, 3.05) is 0 Å². The molecule has 0 amide bonds. The van der Waals surface area contributed by atoms with Gasteiger partial charge in [0.2, 0.25) is 0 Å². The molecule has 1 aromatic heterocycles.